The number of halogens is 3. The average Bonchev–Trinajstić information content (AvgIpc) is 3.10. The van der Waals surface area contributed by atoms with Gasteiger partial charge in [0.2, 0.25) is 5.82 Å². The van der Waals surface area contributed by atoms with Crippen LogP contribution in [0.15, 0.2) is 47.0 Å². The third kappa shape index (κ3) is 3.43. The van der Waals surface area contributed by atoms with E-state index in [4.69, 9.17) is 9.26 Å². The quantitative estimate of drug-likeness (QED) is 0.636. The normalized spacial score (nSPS) is 21.8. The van der Waals surface area contributed by atoms with E-state index in [2.05, 4.69) is 10.1 Å². The van der Waals surface area contributed by atoms with Crippen LogP contribution in [0, 0.1) is 5.92 Å². The summed E-state index contributed by atoms with van der Waals surface area (Å²) in [5.41, 5.74) is 1.60. The SMILES string of the molecule is O=C(O)C1CC12CCc1cc(OCc3noc(-c4ccc(C(F)(F)F)cc4)n3)ccc12. The summed E-state index contributed by atoms with van der Waals surface area (Å²) in [7, 11) is 0. The molecule has 31 heavy (non-hydrogen) atoms. The predicted octanol–water partition coefficient (Wildman–Crippen LogP) is 4.62. The van der Waals surface area contributed by atoms with Crippen LogP contribution in [0.5, 0.6) is 5.75 Å². The zero-order valence-corrected chi connectivity index (χ0v) is 16.1. The third-order valence-corrected chi connectivity index (χ3v) is 6.12. The highest BCUT2D eigenvalue weighted by Crippen LogP contribution is 2.61. The lowest BCUT2D eigenvalue weighted by Crippen LogP contribution is -2.11. The number of carbonyl (C=O) groups is 1. The van der Waals surface area contributed by atoms with Crippen LogP contribution in [-0.4, -0.2) is 21.2 Å². The Balaban J connectivity index is 1.25. The molecule has 0 aliphatic heterocycles. The molecule has 2 aliphatic rings. The number of nitrogens with zero attached hydrogens (tertiary/aromatic N) is 2. The molecule has 6 nitrogen and oxygen atoms in total. The Morgan fingerprint density at radius 3 is 2.68 bits per heavy atom. The predicted molar refractivity (Wildman–Crippen MR) is 101 cm³/mol. The van der Waals surface area contributed by atoms with Gasteiger partial charge in [-0.2, -0.15) is 18.2 Å². The van der Waals surface area contributed by atoms with Crippen molar-refractivity contribution in [3.8, 4) is 17.2 Å². The van der Waals surface area contributed by atoms with Crippen molar-refractivity contribution in [3.05, 3.63) is 65.0 Å². The number of aromatic nitrogens is 2. The van der Waals surface area contributed by atoms with E-state index in [9.17, 15) is 23.1 Å². The molecule has 2 aliphatic carbocycles. The fraction of sp³-hybridized carbons (Fsp3) is 0.318. The molecule has 2 atom stereocenters. The summed E-state index contributed by atoms with van der Waals surface area (Å²) >= 11 is 0. The van der Waals surface area contributed by atoms with Crippen LogP contribution in [-0.2, 0) is 29.4 Å². The Kier molecular flexibility index (Phi) is 4.32. The summed E-state index contributed by atoms with van der Waals surface area (Å²) < 4.78 is 48.9. The van der Waals surface area contributed by atoms with E-state index >= 15 is 0 Å². The van der Waals surface area contributed by atoms with Crippen LogP contribution >= 0.6 is 0 Å². The van der Waals surface area contributed by atoms with Crippen molar-refractivity contribution >= 4 is 5.97 Å². The van der Waals surface area contributed by atoms with Crippen LogP contribution in [0.4, 0.5) is 13.2 Å². The maximum Gasteiger partial charge on any atom is 0.416 e. The van der Waals surface area contributed by atoms with Gasteiger partial charge in [-0.15, -0.1) is 0 Å². The number of aliphatic carboxylic acids is 1. The van der Waals surface area contributed by atoms with Crippen molar-refractivity contribution in [3.63, 3.8) is 0 Å². The van der Waals surface area contributed by atoms with Gasteiger partial charge in [0.15, 0.2) is 6.61 Å². The Bertz CT molecular complexity index is 1160. The molecule has 0 radical (unpaired) electrons. The van der Waals surface area contributed by atoms with Crippen molar-refractivity contribution in [1.82, 2.24) is 10.1 Å². The maximum atomic E-state index is 12.7. The Labute approximate surface area is 174 Å². The van der Waals surface area contributed by atoms with Gasteiger partial charge in [0.1, 0.15) is 5.75 Å². The Hall–Kier alpha value is -3.36. The first-order chi connectivity index (χ1) is 14.8. The number of fused-ring (bicyclic) bond motifs is 2. The first kappa shape index (κ1) is 19.6. The molecule has 160 valence electrons. The summed E-state index contributed by atoms with van der Waals surface area (Å²) in [5, 5.41) is 13.1. The first-order valence-electron chi connectivity index (χ1n) is 9.75. The summed E-state index contributed by atoms with van der Waals surface area (Å²) in [4.78, 5) is 15.5. The molecule has 1 heterocycles. The van der Waals surface area contributed by atoms with Gasteiger partial charge in [-0.25, -0.2) is 0 Å². The van der Waals surface area contributed by atoms with Crippen molar-refractivity contribution in [2.75, 3.05) is 0 Å². The van der Waals surface area contributed by atoms with Gasteiger partial charge in [0, 0.05) is 11.0 Å². The molecular formula is C22H17F3N2O4. The number of rotatable bonds is 5. The molecule has 1 aromatic heterocycles. The monoisotopic (exact) mass is 430 g/mol. The Morgan fingerprint density at radius 2 is 2.00 bits per heavy atom. The molecule has 9 heteroatoms. The van der Waals surface area contributed by atoms with Gasteiger partial charge in [0.25, 0.3) is 5.89 Å². The van der Waals surface area contributed by atoms with E-state index in [-0.39, 0.29) is 29.7 Å². The fourth-order valence-electron chi connectivity index (χ4n) is 4.43. The lowest BCUT2D eigenvalue weighted by molar-refractivity contribution is -0.139. The van der Waals surface area contributed by atoms with Crippen LogP contribution in [0.2, 0.25) is 0 Å². The number of carboxylic acids is 1. The van der Waals surface area contributed by atoms with Crippen molar-refractivity contribution < 1.29 is 32.3 Å². The molecule has 1 spiro atoms. The van der Waals surface area contributed by atoms with Crippen LogP contribution in [0.25, 0.3) is 11.5 Å². The van der Waals surface area contributed by atoms with Gasteiger partial charge in [-0.05, 0) is 66.8 Å². The first-order valence-corrected chi connectivity index (χ1v) is 9.75. The molecular weight excluding hydrogens is 413 g/mol. The molecule has 1 saturated carbocycles. The van der Waals surface area contributed by atoms with Gasteiger partial charge in [-0.1, -0.05) is 11.2 Å². The fourth-order valence-corrected chi connectivity index (χ4v) is 4.43. The zero-order chi connectivity index (χ0) is 21.8. The van der Waals surface area contributed by atoms with E-state index in [0.717, 1.165) is 36.1 Å². The summed E-state index contributed by atoms with van der Waals surface area (Å²) in [6, 6.07) is 10.1. The van der Waals surface area contributed by atoms with Crippen LogP contribution < -0.4 is 4.74 Å². The van der Waals surface area contributed by atoms with Crippen LogP contribution in [0.1, 0.15) is 35.4 Å². The molecule has 2 unspecified atom stereocenters. The second-order valence-electron chi connectivity index (χ2n) is 7.95. The highest BCUT2D eigenvalue weighted by Gasteiger charge is 2.61. The Morgan fingerprint density at radius 1 is 1.23 bits per heavy atom. The van der Waals surface area contributed by atoms with Gasteiger partial charge < -0.3 is 14.4 Å². The maximum absolute atomic E-state index is 12.7. The number of benzene rings is 2. The second kappa shape index (κ2) is 6.83. The number of hydrogen-bond donors (Lipinski definition) is 1. The lowest BCUT2D eigenvalue weighted by atomic mass is 9.95. The number of aryl methyl sites for hydroxylation is 1. The minimum atomic E-state index is -4.41. The summed E-state index contributed by atoms with van der Waals surface area (Å²) in [5.74, 6) is -0.0570. The molecule has 0 amide bonds. The highest BCUT2D eigenvalue weighted by molar-refractivity contribution is 5.78. The standard InChI is InChI=1S/C22H17F3N2O4/c23-22(24,25)14-3-1-12(2-4-14)19-26-18(27-31-19)11-30-15-5-6-16-13(9-15)7-8-21(16)10-17(21)20(28)29/h1-6,9,17H,7-8,10-11H2,(H,28,29). The molecule has 0 saturated heterocycles. The largest absolute Gasteiger partial charge is 0.485 e. The molecule has 2 aromatic carbocycles. The molecule has 3 aromatic rings. The van der Waals surface area contributed by atoms with Gasteiger partial charge >= 0.3 is 12.1 Å². The second-order valence-corrected chi connectivity index (χ2v) is 7.95. The van der Waals surface area contributed by atoms with Gasteiger partial charge in [-0.3, -0.25) is 4.79 Å². The lowest BCUT2D eigenvalue weighted by Gasteiger charge is -2.11. The number of ether oxygens (including phenoxy) is 1. The summed E-state index contributed by atoms with van der Waals surface area (Å²) in [6.45, 7) is 0.0335. The minimum absolute atomic E-state index is 0.0335. The molecule has 5 rings (SSSR count). The molecule has 0 bridgehead atoms. The molecule has 1 N–H and O–H groups in total. The van der Waals surface area contributed by atoms with Crippen molar-refractivity contribution in [1.29, 1.82) is 0 Å². The van der Waals surface area contributed by atoms with E-state index in [1.807, 2.05) is 12.1 Å². The van der Waals surface area contributed by atoms with Gasteiger partial charge in [0.05, 0.1) is 11.5 Å². The third-order valence-electron chi connectivity index (χ3n) is 6.12. The minimum Gasteiger partial charge on any atom is -0.485 e. The number of hydrogen-bond acceptors (Lipinski definition) is 5. The summed E-state index contributed by atoms with van der Waals surface area (Å²) in [6.07, 6.45) is -2.07. The van der Waals surface area contributed by atoms with Crippen LogP contribution in [0.3, 0.4) is 0 Å². The van der Waals surface area contributed by atoms with Crippen molar-refractivity contribution in [2.24, 2.45) is 5.92 Å². The topological polar surface area (TPSA) is 85.5 Å². The zero-order valence-electron chi connectivity index (χ0n) is 16.1. The smallest absolute Gasteiger partial charge is 0.416 e. The van der Waals surface area contributed by atoms with E-state index < -0.39 is 17.7 Å². The number of alkyl halides is 3. The highest BCUT2D eigenvalue weighted by atomic mass is 19.4. The van der Waals surface area contributed by atoms with E-state index in [1.165, 1.54) is 12.1 Å². The van der Waals surface area contributed by atoms with Crippen molar-refractivity contribution in [2.45, 2.75) is 37.5 Å². The number of carboxylic acid groups (broad SMARTS) is 1. The molecule has 1 fully saturated rings. The van der Waals surface area contributed by atoms with E-state index in [0.29, 0.717) is 17.7 Å². The average molecular weight is 430 g/mol. The van der Waals surface area contributed by atoms with E-state index in [1.54, 1.807) is 6.07 Å².